The molecule has 0 aliphatic carbocycles. The predicted octanol–water partition coefficient (Wildman–Crippen LogP) is 3.29. The largest absolute Gasteiger partial charge is 0.480 e. The second kappa shape index (κ2) is 7.04. The van der Waals surface area contributed by atoms with Gasteiger partial charge in [-0.15, -0.1) is 0 Å². The zero-order chi connectivity index (χ0) is 17.1. The number of hydrogen-bond acceptors (Lipinski definition) is 3. The van der Waals surface area contributed by atoms with Gasteiger partial charge in [0.15, 0.2) is 12.4 Å². The standard InChI is InChI=1S/C17H22ClN3O2/c1-11-17(13(3)21(5)19-11)23-10-16(22)20(4)12(2)14-6-8-15(18)9-7-14/h6-9,12H,10H2,1-5H3. The predicted molar refractivity (Wildman–Crippen MR) is 90.8 cm³/mol. The molecule has 1 heterocycles. The van der Waals surface area contributed by atoms with Crippen molar-refractivity contribution in [2.45, 2.75) is 26.8 Å². The highest BCUT2D eigenvalue weighted by molar-refractivity contribution is 6.30. The number of benzene rings is 1. The molecule has 0 spiro atoms. The third kappa shape index (κ3) is 3.85. The SMILES string of the molecule is Cc1nn(C)c(C)c1OCC(=O)N(C)C(C)c1ccc(Cl)cc1. The second-order valence-corrected chi connectivity index (χ2v) is 6.08. The molecule has 0 saturated heterocycles. The van der Waals surface area contributed by atoms with Gasteiger partial charge in [-0.3, -0.25) is 9.48 Å². The number of amides is 1. The second-order valence-electron chi connectivity index (χ2n) is 5.64. The summed E-state index contributed by atoms with van der Waals surface area (Å²) in [7, 11) is 3.62. The van der Waals surface area contributed by atoms with E-state index in [0.717, 1.165) is 17.0 Å². The third-order valence-electron chi connectivity index (χ3n) is 4.11. The van der Waals surface area contributed by atoms with Crippen LogP contribution in [-0.2, 0) is 11.8 Å². The lowest BCUT2D eigenvalue weighted by Crippen LogP contribution is -2.33. The Morgan fingerprint density at radius 2 is 1.96 bits per heavy atom. The minimum absolute atomic E-state index is 0.0121. The van der Waals surface area contributed by atoms with Crippen molar-refractivity contribution < 1.29 is 9.53 Å². The first-order valence-corrected chi connectivity index (χ1v) is 7.83. The van der Waals surface area contributed by atoms with Crippen molar-refractivity contribution in [2.24, 2.45) is 7.05 Å². The maximum Gasteiger partial charge on any atom is 0.260 e. The van der Waals surface area contributed by atoms with Crippen molar-refractivity contribution >= 4 is 17.5 Å². The molecule has 1 unspecified atom stereocenters. The van der Waals surface area contributed by atoms with Gasteiger partial charge >= 0.3 is 0 Å². The van der Waals surface area contributed by atoms with Gasteiger partial charge in [-0.1, -0.05) is 23.7 Å². The van der Waals surface area contributed by atoms with Crippen molar-refractivity contribution in [1.82, 2.24) is 14.7 Å². The van der Waals surface area contributed by atoms with E-state index in [4.69, 9.17) is 16.3 Å². The van der Waals surface area contributed by atoms with Gasteiger partial charge < -0.3 is 9.64 Å². The summed E-state index contributed by atoms with van der Waals surface area (Å²) in [5, 5.41) is 4.96. The van der Waals surface area contributed by atoms with E-state index in [-0.39, 0.29) is 18.6 Å². The molecule has 2 aromatic rings. The Kier molecular flexibility index (Phi) is 5.31. The molecule has 0 fully saturated rings. The highest BCUT2D eigenvalue weighted by Gasteiger charge is 2.19. The zero-order valence-corrected chi connectivity index (χ0v) is 14.9. The summed E-state index contributed by atoms with van der Waals surface area (Å²) in [6, 6.07) is 7.44. The first-order chi connectivity index (χ1) is 10.8. The van der Waals surface area contributed by atoms with Gasteiger partial charge in [0.2, 0.25) is 0 Å². The highest BCUT2D eigenvalue weighted by Crippen LogP contribution is 2.23. The number of aromatic nitrogens is 2. The molecular formula is C17H22ClN3O2. The van der Waals surface area contributed by atoms with E-state index in [1.165, 1.54) is 0 Å². The monoisotopic (exact) mass is 335 g/mol. The fourth-order valence-electron chi connectivity index (χ4n) is 2.38. The Morgan fingerprint density at radius 1 is 1.35 bits per heavy atom. The fourth-order valence-corrected chi connectivity index (χ4v) is 2.51. The Hall–Kier alpha value is -2.01. The van der Waals surface area contributed by atoms with Crippen molar-refractivity contribution in [2.75, 3.05) is 13.7 Å². The Bertz CT molecular complexity index is 695. The summed E-state index contributed by atoms with van der Waals surface area (Å²) >= 11 is 5.90. The topological polar surface area (TPSA) is 47.4 Å². The lowest BCUT2D eigenvalue weighted by Gasteiger charge is -2.25. The molecule has 0 radical (unpaired) electrons. The molecule has 2 rings (SSSR count). The average Bonchev–Trinajstić information content (AvgIpc) is 2.77. The molecule has 1 amide bonds. The number of aryl methyl sites for hydroxylation is 2. The lowest BCUT2D eigenvalue weighted by molar-refractivity contribution is -0.134. The Balaban J connectivity index is 2.01. The molecule has 0 bridgehead atoms. The molecule has 1 aromatic carbocycles. The molecule has 1 aromatic heterocycles. The number of ether oxygens (including phenoxy) is 1. The van der Waals surface area contributed by atoms with E-state index >= 15 is 0 Å². The molecular weight excluding hydrogens is 314 g/mol. The number of carbonyl (C=O) groups excluding carboxylic acids is 1. The minimum Gasteiger partial charge on any atom is -0.480 e. The number of carbonyl (C=O) groups is 1. The van der Waals surface area contributed by atoms with Crippen molar-refractivity contribution in [3.8, 4) is 5.75 Å². The van der Waals surface area contributed by atoms with Gasteiger partial charge in [0.1, 0.15) is 5.69 Å². The fraction of sp³-hybridized carbons (Fsp3) is 0.412. The number of nitrogens with zero attached hydrogens (tertiary/aromatic N) is 3. The first-order valence-electron chi connectivity index (χ1n) is 7.45. The highest BCUT2D eigenvalue weighted by atomic mass is 35.5. The summed E-state index contributed by atoms with van der Waals surface area (Å²) in [5.41, 5.74) is 2.72. The van der Waals surface area contributed by atoms with E-state index in [1.807, 2.05) is 52.1 Å². The molecule has 124 valence electrons. The van der Waals surface area contributed by atoms with Crippen LogP contribution >= 0.6 is 11.6 Å². The molecule has 6 heteroatoms. The quantitative estimate of drug-likeness (QED) is 0.842. The number of rotatable bonds is 5. The van der Waals surface area contributed by atoms with Crippen LogP contribution in [-0.4, -0.2) is 34.2 Å². The van der Waals surface area contributed by atoms with Crippen LogP contribution in [0.4, 0.5) is 0 Å². The van der Waals surface area contributed by atoms with E-state index in [9.17, 15) is 4.79 Å². The molecule has 0 aliphatic heterocycles. The Morgan fingerprint density at radius 3 is 2.48 bits per heavy atom. The van der Waals surface area contributed by atoms with E-state index in [1.54, 1.807) is 16.6 Å². The molecule has 0 N–H and O–H groups in total. The van der Waals surface area contributed by atoms with Gasteiger partial charge in [0.25, 0.3) is 5.91 Å². The van der Waals surface area contributed by atoms with Gasteiger partial charge in [0, 0.05) is 19.1 Å². The molecule has 23 heavy (non-hydrogen) atoms. The zero-order valence-electron chi connectivity index (χ0n) is 14.1. The van der Waals surface area contributed by atoms with E-state index in [0.29, 0.717) is 10.8 Å². The summed E-state index contributed by atoms with van der Waals surface area (Å²) in [5.74, 6) is 0.587. The summed E-state index contributed by atoms with van der Waals surface area (Å²) < 4.78 is 7.43. The van der Waals surface area contributed by atoms with Crippen LogP contribution in [0.5, 0.6) is 5.75 Å². The van der Waals surface area contributed by atoms with Crippen molar-refractivity contribution in [3.05, 3.63) is 46.2 Å². The van der Waals surface area contributed by atoms with Crippen LogP contribution in [0.15, 0.2) is 24.3 Å². The molecule has 5 nitrogen and oxygen atoms in total. The third-order valence-corrected chi connectivity index (χ3v) is 4.36. The van der Waals surface area contributed by atoms with Gasteiger partial charge in [0.05, 0.1) is 11.7 Å². The average molecular weight is 336 g/mol. The normalized spacial score (nSPS) is 12.1. The van der Waals surface area contributed by atoms with Crippen LogP contribution < -0.4 is 4.74 Å². The summed E-state index contributed by atoms with van der Waals surface area (Å²) in [6.07, 6.45) is 0. The van der Waals surface area contributed by atoms with Crippen LogP contribution in [0, 0.1) is 13.8 Å². The smallest absolute Gasteiger partial charge is 0.260 e. The number of halogens is 1. The van der Waals surface area contributed by atoms with E-state index < -0.39 is 0 Å². The molecule has 0 saturated carbocycles. The van der Waals surface area contributed by atoms with Crippen molar-refractivity contribution in [1.29, 1.82) is 0 Å². The maximum absolute atomic E-state index is 12.4. The summed E-state index contributed by atoms with van der Waals surface area (Å²) in [6.45, 7) is 5.75. The first kappa shape index (κ1) is 17.3. The van der Waals surface area contributed by atoms with Gasteiger partial charge in [-0.2, -0.15) is 5.10 Å². The number of hydrogen-bond donors (Lipinski definition) is 0. The lowest BCUT2D eigenvalue weighted by atomic mass is 10.1. The minimum atomic E-state index is -0.0879. The van der Waals surface area contributed by atoms with Crippen LogP contribution in [0.3, 0.4) is 0 Å². The maximum atomic E-state index is 12.4. The van der Waals surface area contributed by atoms with E-state index in [2.05, 4.69) is 5.10 Å². The van der Waals surface area contributed by atoms with Crippen LogP contribution in [0.25, 0.3) is 0 Å². The summed E-state index contributed by atoms with van der Waals surface area (Å²) in [4.78, 5) is 14.0. The number of likely N-dealkylation sites (N-methyl/N-ethyl adjacent to an activating group) is 1. The van der Waals surface area contributed by atoms with Crippen molar-refractivity contribution in [3.63, 3.8) is 0 Å². The van der Waals surface area contributed by atoms with Gasteiger partial charge in [-0.05, 0) is 38.5 Å². The molecule has 1 atom stereocenters. The van der Waals surface area contributed by atoms with Gasteiger partial charge in [-0.25, -0.2) is 0 Å². The Labute approximate surface area is 141 Å². The van der Waals surface area contributed by atoms with Crippen LogP contribution in [0.1, 0.15) is 29.9 Å². The molecule has 0 aliphatic rings. The van der Waals surface area contributed by atoms with Crippen LogP contribution in [0.2, 0.25) is 5.02 Å².